The molecule has 0 bridgehead atoms. The van der Waals surface area contributed by atoms with E-state index in [9.17, 15) is 8.78 Å². The zero-order valence-electron chi connectivity index (χ0n) is 11.5. The van der Waals surface area contributed by atoms with Crippen LogP contribution in [-0.2, 0) is 6.54 Å². The quantitative estimate of drug-likeness (QED) is 0.859. The van der Waals surface area contributed by atoms with E-state index in [0.717, 1.165) is 11.8 Å². The molecule has 108 valence electrons. The van der Waals surface area contributed by atoms with Crippen molar-refractivity contribution in [3.8, 4) is 5.69 Å². The van der Waals surface area contributed by atoms with Gasteiger partial charge < -0.3 is 5.32 Å². The molecule has 0 fully saturated rings. The molecular formula is C14H16BrF2N3. The van der Waals surface area contributed by atoms with Crippen LogP contribution < -0.4 is 5.32 Å². The summed E-state index contributed by atoms with van der Waals surface area (Å²) < 4.78 is 29.0. The van der Waals surface area contributed by atoms with Crippen LogP contribution in [0.3, 0.4) is 0 Å². The second kappa shape index (κ2) is 5.61. The highest BCUT2D eigenvalue weighted by molar-refractivity contribution is 9.10. The van der Waals surface area contributed by atoms with Crippen molar-refractivity contribution in [2.45, 2.75) is 32.9 Å². The van der Waals surface area contributed by atoms with Crippen molar-refractivity contribution in [1.82, 2.24) is 14.9 Å². The van der Waals surface area contributed by atoms with E-state index in [1.807, 2.05) is 20.8 Å². The molecule has 0 saturated heterocycles. The molecular weight excluding hydrogens is 328 g/mol. The van der Waals surface area contributed by atoms with Gasteiger partial charge in [0.1, 0.15) is 11.6 Å². The van der Waals surface area contributed by atoms with E-state index in [2.05, 4.69) is 26.2 Å². The number of nitrogens with zero attached hydrogens (tertiary/aromatic N) is 2. The summed E-state index contributed by atoms with van der Waals surface area (Å²) in [5, 5.41) is 3.31. The minimum atomic E-state index is -0.624. The Balaban J connectivity index is 2.35. The molecule has 0 radical (unpaired) electrons. The van der Waals surface area contributed by atoms with Crippen molar-refractivity contribution in [3.05, 3.63) is 46.5 Å². The third kappa shape index (κ3) is 3.43. The Morgan fingerprint density at radius 1 is 1.25 bits per heavy atom. The lowest BCUT2D eigenvalue weighted by atomic mass is 10.1. The fraction of sp³-hybridized carbons (Fsp3) is 0.357. The average molecular weight is 344 g/mol. The second-order valence-electron chi connectivity index (χ2n) is 5.58. The summed E-state index contributed by atoms with van der Waals surface area (Å²) in [7, 11) is 0. The van der Waals surface area contributed by atoms with Crippen molar-refractivity contribution >= 4 is 15.9 Å². The van der Waals surface area contributed by atoms with Crippen LogP contribution in [0.25, 0.3) is 5.69 Å². The Morgan fingerprint density at radius 3 is 2.60 bits per heavy atom. The number of hydrogen-bond acceptors (Lipinski definition) is 2. The first-order valence-electron chi connectivity index (χ1n) is 6.19. The van der Waals surface area contributed by atoms with Crippen LogP contribution in [0.15, 0.2) is 29.1 Å². The molecule has 0 spiro atoms. The lowest BCUT2D eigenvalue weighted by Crippen LogP contribution is -2.35. The predicted octanol–water partition coefficient (Wildman–Crippen LogP) is 3.80. The molecule has 0 saturated carbocycles. The maximum Gasteiger partial charge on any atom is 0.150 e. The molecule has 2 rings (SSSR count). The van der Waals surface area contributed by atoms with E-state index in [0.29, 0.717) is 6.54 Å². The third-order valence-corrected chi connectivity index (χ3v) is 3.37. The van der Waals surface area contributed by atoms with Crippen LogP contribution >= 0.6 is 15.9 Å². The normalized spacial score (nSPS) is 11.9. The molecule has 0 aliphatic rings. The Morgan fingerprint density at radius 2 is 1.95 bits per heavy atom. The molecule has 6 heteroatoms. The van der Waals surface area contributed by atoms with Gasteiger partial charge in [0.05, 0.1) is 22.2 Å². The van der Waals surface area contributed by atoms with Gasteiger partial charge in [0, 0.05) is 24.3 Å². The van der Waals surface area contributed by atoms with E-state index in [1.165, 1.54) is 12.4 Å². The lowest BCUT2D eigenvalue weighted by molar-refractivity contribution is 0.419. The Labute approximate surface area is 125 Å². The zero-order valence-corrected chi connectivity index (χ0v) is 13.1. The summed E-state index contributed by atoms with van der Waals surface area (Å²) in [6, 6.07) is 2.27. The smallest absolute Gasteiger partial charge is 0.150 e. The summed E-state index contributed by atoms with van der Waals surface area (Å²) in [6.45, 7) is 6.67. The molecule has 2 aromatic rings. The van der Waals surface area contributed by atoms with Crippen LogP contribution in [0.1, 0.15) is 26.5 Å². The molecule has 0 amide bonds. The summed E-state index contributed by atoms with van der Waals surface area (Å²) in [5.41, 5.74) is 1.01. The number of nitrogens with one attached hydrogen (secondary N) is 1. The van der Waals surface area contributed by atoms with Crippen molar-refractivity contribution < 1.29 is 8.78 Å². The maximum atomic E-state index is 13.9. The highest BCUT2D eigenvalue weighted by atomic mass is 79.9. The predicted molar refractivity (Wildman–Crippen MR) is 77.8 cm³/mol. The van der Waals surface area contributed by atoms with Crippen molar-refractivity contribution in [2.75, 3.05) is 0 Å². The van der Waals surface area contributed by atoms with E-state index in [-0.39, 0.29) is 15.7 Å². The molecule has 0 aliphatic heterocycles. The van der Waals surface area contributed by atoms with Crippen LogP contribution in [0.5, 0.6) is 0 Å². The number of aromatic nitrogens is 2. The van der Waals surface area contributed by atoms with Gasteiger partial charge in [0.2, 0.25) is 0 Å². The topological polar surface area (TPSA) is 29.9 Å². The standard InChI is InChI=1S/C14H16BrF2N3/c1-14(2,3)19-7-9-6-18-8-20(9)13-4-10(15)11(16)5-12(13)17/h4-6,8,19H,7H2,1-3H3. The molecule has 0 aliphatic carbocycles. The third-order valence-electron chi connectivity index (χ3n) is 2.76. The fourth-order valence-electron chi connectivity index (χ4n) is 1.72. The van der Waals surface area contributed by atoms with Crippen LogP contribution in [0.2, 0.25) is 0 Å². The summed E-state index contributed by atoms with van der Waals surface area (Å²) in [4.78, 5) is 4.04. The fourth-order valence-corrected chi connectivity index (χ4v) is 2.05. The number of rotatable bonds is 3. The maximum absolute atomic E-state index is 13.9. The zero-order chi connectivity index (χ0) is 14.9. The van der Waals surface area contributed by atoms with Crippen molar-refractivity contribution in [3.63, 3.8) is 0 Å². The second-order valence-corrected chi connectivity index (χ2v) is 6.43. The number of hydrogen-bond donors (Lipinski definition) is 1. The van der Waals surface area contributed by atoms with Crippen molar-refractivity contribution in [2.24, 2.45) is 0 Å². The van der Waals surface area contributed by atoms with Gasteiger partial charge in [-0.3, -0.25) is 4.57 Å². The highest BCUT2D eigenvalue weighted by Gasteiger charge is 2.15. The van der Waals surface area contributed by atoms with Crippen LogP contribution in [0.4, 0.5) is 8.78 Å². The Hall–Kier alpha value is -1.27. The Kier molecular flexibility index (Phi) is 4.25. The largest absolute Gasteiger partial charge is 0.306 e. The van der Waals surface area contributed by atoms with Gasteiger partial charge in [-0.2, -0.15) is 0 Å². The van der Waals surface area contributed by atoms with Gasteiger partial charge in [-0.1, -0.05) is 0 Å². The summed E-state index contributed by atoms with van der Waals surface area (Å²) in [6.07, 6.45) is 3.18. The number of benzene rings is 1. The molecule has 1 aromatic carbocycles. The molecule has 1 aromatic heterocycles. The van der Waals surface area contributed by atoms with Crippen LogP contribution in [-0.4, -0.2) is 15.1 Å². The minimum Gasteiger partial charge on any atom is -0.306 e. The van der Waals surface area contributed by atoms with Gasteiger partial charge in [0.25, 0.3) is 0 Å². The molecule has 1 heterocycles. The van der Waals surface area contributed by atoms with Gasteiger partial charge in [-0.05, 0) is 42.8 Å². The van der Waals surface area contributed by atoms with Gasteiger partial charge in [0.15, 0.2) is 0 Å². The average Bonchev–Trinajstić information content (AvgIpc) is 2.78. The Bertz CT molecular complexity index is 617. The molecule has 3 nitrogen and oxygen atoms in total. The molecule has 0 unspecified atom stereocenters. The van der Waals surface area contributed by atoms with Crippen molar-refractivity contribution in [1.29, 1.82) is 0 Å². The van der Waals surface area contributed by atoms with E-state index < -0.39 is 11.6 Å². The van der Waals surface area contributed by atoms with Gasteiger partial charge in [-0.25, -0.2) is 13.8 Å². The van der Waals surface area contributed by atoms with Gasteiger partial charge >= 0.3 is 0 Å². The van der Waals surface area contributed by atoms with Gasteiger partial charge in [-0.15, -0.1) is 0 Å². The first-order valence-corrected chi connectivity index (χ1v) is 6.98. The van der Waals surface area contributed by atoms with Crippen LogP contribution in [0, 0.1) is 11.6 Å². The lowest BCUT2D eigenvalue weighted by Gasteiger charge is -2.21. The number of halogens is 3. The molecule has 20 heavy (non-hydrogen) atoms. The summed E-state index contributed by atoms with van der Waals surface area (Å²) in [5.74, 6) is -1.25. The van der Waals surface area contributed by atoms with E-state index >= 15 is 0 Å². The molecule has 0 atom stereocenters. The van der Waals surface area contributed by atoms with E-state index in [1.54, 1.807) is 10.8 Å². The summed E-state index contributed by atoms with van der Waals surface area (Å²) >= 11 is 3.07. The first-order chi connectivity index (χ1) is 9.28. The molecule has 1 N–H and O–H groups in total. The highest BCUT2D eigenvalue weighted by Crippen LogP contribution is 2.24. The number of imidazole rings is 1. The monoisotopic (exact) mass is 343 g/mol. The minimum absolute atomic E-state index is 0.0585. The first kappa shape index (κ1) is 15.1. The van der Waals surface area contributed by atoms with E-state index in [4.69, 9.17) is 0 Å². The SMILES string of the molecule is CC(C)(C)NCc1cncn1-c1cc(Br)c(F)cc1F.